The van der Waals surface area contributed by atoms with Gasteiger partial charge in [0.1, 0.15) is 0 Å². The minimum Gasteiger partial charge on any atom is -1.00 e. The first-order chi connectivity index (χ1) is 2.77. The van der Waals surface area contributed by atoms with Crippen molar-refractivity contribution in [2.75, 3.05) is 14.1 Å². The van der Waals surface area contributed by atoms with E-state index < -0.39 is 0 Å². The Labute approximate surface area is 51.4 Å². The van der Waals surface area contributed by atoms with E-state index in [2.05, 4.69) is 20.3 Å². The molecule has 7 heavy (non-hydrogen) atoms. The van der Waals surface area contributed by atoms with Crippen LogP contribution in [0.25, 0.3) is 0 Å². The molecule has 0 heterocycles. The van der Waals surface area contributed by atoms with Crippen LogP contribution in [0.5, 0.6) is 0 Å². The molecule has 0 fully saturated rings. The van der Waals surface area contributed by atoms with Crippen LogP contribution in [0.2, 0.25) is 0 Å². The van der Waals surface area contributed by atoms with Gasteiger partial charge in [-0.1, -0.05) is 0 Å². The summed E-state index contributed by atoms with van der Waals surface area (Å²) in [6.07, 6.45) is 4.12. The summed E-state index contributed by atoms with van der Waals surface area (Å²) in [5, 5.41) is 0. The van der Waals surface area contributed by atoms with Gasteiger partial charge in [0, 0.05) is 0 Å². The highest BCUT2D eigenvalue weighted by molar-refractivity contribution is 4.61. The van der Waals surface area contributed by atoms with Crippen molar-refractivity contribution in [2.45, 2.75) is 6.92 Å². The fraction of sp³-hybridized carbons (Fsp3) is 0.600. The van der Waals surface area contributed by atoms with E-state index in [0.717, 1.165) is 0 Å². The van der Waals surface area contributed by atoms with Gasteiger partial charge in [-0.05, 0) is 13.0 Å². The Morgan fingerprint density at radius 1 is 1.29 bits per heavy atom. The summed E-state index contributed by atoms with van der Waals surface area (Å²) in [4.78, 5) is 1.36. The number of allylic oxidation sites excluding steroid dienone is 1. The molecule has 0 aliphatic heterocycles. The highest BCUT2D eigenvalue weighted by Crippen LogP contribution is 1.48. The molecule has 0 unspecified atom stereocenters. The van der Waals surface area contributed by atoms with Crippen LogP contribution in [0.15, 0.2) is 12.3 Å². The van der Waals surface area contributed by atoms with Crippen LogP contribution >= 0.6 is 0 Å². The molecule has 44 valence electrons. The van der Waals surface area contributed by atoms with Crippen molar-refractivity contribution < 1.29 is 17.3 Å². The van der Waals surface area contributed by atoms with Gasteiger partial charge in [0.05, 0.1) is 20.3 Å². The topological polar surface area (TPSA) is 4.44 Å². The number of nitrogens with one attached hydrogen (secondary N) is 1. The second-order valence-electron chi connectivity index (χ2n) is 1.58. The maximum absolute atomic E-state index is 2.08. The maximum Gasteiger partial charge on any atom is 0.0894 e. The van der Waals surface area contributed by atoms with Crippen molar-refractivity contribution in [2.24, 2.45) is 0 Å². The summed E-state index contributed by atoms with van der Waals surface area (Å²) >= 11 is 0. The third-order valence-electron chi connectivity index (χ3n) is 0.500. The average molecular weight is 122 g/mol. The minimum atomic E-state index is 0. The zero-order valence-electron chi connectivity index (χ0n) is 5.03. The summed E-state index contributed by atoms with van der Waals surface area (Å²) in [6.45, 7) is 2.02. The monoisotopic (exact) mass is 121 g/mol. The minimum absolute atomic E-state index is 0. The Morgan fingerprint density at radius 3 is 1.71 bits per heavy atom. The molecule has 1 nitrogen and oxygen atoms in total. The third-order valence-corrected chi connectivity index (χ3v) is 0.500. The molecule has 0 aromatic carbocycles. The predicted octanol–water partition coefficient (Wildman–Crippen LogP) is -3.33. The van der Waals surface area contributed by atoms with Crippen LogP contribution in [0, 0.1) is 0 Å². The fourth-order valence-corrected chi connectivity index (χ4v) is 0.333. The third kappa shape index (κ3) is 10.7. The summed E-state index contributed by atoms with van der Waals surface area (Å²) in [7, 11) is 4.17. The molecule has 1 N–H and O–H groups in total. The van der Waals surface area contributed by atoms with Gasteiger partial charge in [0.15, 0.2) is 0 Å². The van der Waals surface area contributed by atoms with Crippen molar-refractivity contribution in [3.8, 4) is 0 Å². The first-order valence-corrected chi connectivity index (χ1v) is 2.20. The van der Waals surface area contributed by atoms with Crippen LogP contribution in [-0.4, -0.2) is 14.1 Å². The highest BCUT2D eigenvalue weighted by Gasteiger charge is 1.72. The van der Waals surface area contributed by atoms with Gasteiger partial charge in [-0.2, -0.15) is 0 Å². The molecule has 0 saturated carbocycles. The molecule has 0 aliphatic carbocycles. The Balaban J connectivity index is 0. The van der Waals surface area contributed by atoms with Gasteiger partial charge >= 0.3 is 0 Å². The standard InChI is InChI=1S/C5H11N.ClH/c1-4-5-6(2)3;/h4-5H,1-3H3;1H. The Bertz CT molecular complexity index is 50.0. The van der Waals surface area contributed by atoms with Gasteiger partial charge in [0.25, 0.3) is 0 Å². The molecule has 0 rings (SSSR count). The Morgan fingerprint density at radius 2 is 1.71 bits per heavy atom. The van der Waals surface area contributed by atoms with Crippen LogP contribution in [0.4, 0.5) is 0 Å². The van der Waals surface area contributed by atoms with E-state index in [-0.39, 0.29) is 12.4 Å². The highest BCUT2D eigenvalue weighted by atomic mass is 35.5. The average Bonchev–Trinajstić information content (AvgIpc) is 1.35. The van der Waals surface area contributed by atoms with Crippen molar-refractivity contribution in [1.29, 1.82) is 0 Å². The molecule has 0 aromatic rings. The van der Waals surface area contributed by atoms with Gasteiger partial charge in [-0.25, -0.2) is 0 Å². The molecule has 0 bridgehead atoms. The summed E-state index contributed by atoms with van der Waals surface area (Å²) in [6, 6.07) is 0. The molecule has 0 amide bonds. The zero-order chi connectivity index (χ0) is 4.99. The second-order valence-corrected chi connectivity index (χ2v) is 1.58. The molecule has 0 saturated heterocycles. The van der Waals surface area contributed by atoms with Gasteiger partial charge in [-0.3, -0.25) is 0 Å². The fourth-order valence-electron chi connectivity index (χ4n) is 0.333. The second kappa shape index (κ2) is 5.99. The first kappa shape index (κ1) is 10.1. The molecule has 2 heteroatoms. The lowest BCUT2D eigenvalue weighted by atomic mass is 10.7. The van der Waals surface area contributed by atoms with Crippen LogP contribution < -0.4 is 17.3 Å². The van der Waals surface area contributed by atoms with Crippen molar-refractivity contribution in [3.05, 3.63) is 12.3 Å². The Kier molecular flexibility index (Phi) is 8.62. The Hall–Kier alpha value is -0.0100. The normalized spacial score (nSPS) is 9.71. The van der Waals surface area contributed by atoms with E-state index in [1.807, 2.05) is 13.0 Å². The van der Waals surface area contributed by atoms with Crippen molar-refractivity contribution >= 4 is 0 Å². The number of hydrogen-bond donors (Lipinski definition) is 1. The van der Waals surface area contributed by atoms with Gasteiger partial charge < -0.3 is 17.3 Å². The SMILES string of the molecule is CC=C[NH+](C)C.[Cl-]. The summed E-state index contributed by atoms with van der Waals surface area (Å²) in [5.74, 6) is 0. The molecule has 0 radical (unpaired) electrons. The van der Waals surface area contributed by atoms with Crippen LogP contribution in [-0.2, 0) is 0 Å². The van der Waals surface area contributed by atoms with E-state index in [4.69, 9.17) is 0 Å². The van der Waals surface area contributed by atoms with E-state index in [1.165, 1.54) is 4.90 Å². The van der Waals surface area contributed by atoms with Gasteiger partial charge in [-0.15, -0.1) is 0 Å². The lowest BCUT2D eigenvalue weighted by Crippen LogP contribution is -3.00. The van der Waals surface area contributed by atoms with Crippen molar-refractivity contribution in [3.63, 3.8) is 0 Å². The predicted molar refractivity (Wildman–Crippen MR) is 27.6 cm³/mol. The number of quaternary nitrogens is 1. The quantitative estimate of drug-likeness (QED) is 0.370. The molecular weight excluding hydrogens is 110 g/mol. The summed E-state index contributed by atoms with van der Waals surface area (Å²) < 4.78 is 0. The number of halogens is 1. The molecule has 0 aliphatic rings. The van der Waals surface area contributed by atoms with E-state index >= 15 is 0 Å². The number of hydrogen-bond acceptors (Lipinski definition) is 0. The lowest BCUT2D eigenvalue weighted by molar-refractivity contribution is -0.801. The lowest BCUT2D eigenvalue weighted by Gasteiger charge is -1.92. The summed E-state index contributed by atoms with van der Waals surface area (Å²) in [5.41, 5.74) is 0. The smallest absolute Gasteiger partial charge is 0.0894 e. The maximum atomic E-state index is 2.08. The number of rotatable bonds is 1. The van der Waals surface area contributed by atoms with Gasteiger partial charge in [0.2, 0.25) is 0 Å². The van der Waals surface area contributed by atoms with E-state index in [1.54, 1.807) is 0 Å². The van der Waals surface area contributed by atoms with Crippen LogP contribution in [0.1, 0.15) is 6.92 Å². The molecule has 0 aromatic heterocycles. The first-order valence-electron chi connectivity index (χ1n) is 2.20. The zero-order valence-corrected chi connectivity index (χ0v) is 5.79. The largest absolute Gasteiger partial charge is 1.00 e. The molecular formula is C5H12ClN. The van der Waals surface area contributed by atoms with E-state index in [0.29, 0.717) is 0 Å². The van der Waals surface area contributed by atoms with E-state index in [9.17, 15) is 0 Å². The van der Waals surface area contributed by atoms with Crippen LogP contribution in [0.3, 0.4) is 0 Å². The molecule has 0 atom stereocenters. The van der Waals surface area contributed by atoms with Crippen molar-refractivity contribution in [1.82, 2.24) is 0 Å². The molecule has 0 spiro atoms.